The van der Waals surface area contributed by atoms with Crippen LogP contribution in [0.5, 0.6) is 11.5 Å². The molecular formula is C23H30IN3O4. The van der Waals surface area contributed by atoms with E-state index in [1.54, 1.807) is 7.11 Å². The number of ether oxygens (including phenoxy) is 2. The zero-order chi connectivity index (χ0) is 21.3. The number of fused-ring (bicyclic) bond motifs is 1. The highest BCUT2D eigenvalue weighted by Crippen LogP contribution is 2.28. The van der Waals surface area contributed by atoms with E-state index in [0.717, 1.165) is 28.8 Å². The average molecular weight is 539 g/mol. The van der Waals surface area contributed by atoms with Crippen molar-refractivity contribution in [3.05, 3.63) is 59.9 Å². The first-order chi connectivity index (χ1) is 14.6. The number of aliphatic imine (C=N–C) groups is 1. The molecule has 3 N–H and O–H groups in total. The molecule has 0 bridgehead atoms. The molecule has 3 rings (SSSR count). The van der Waals surface area contributed by atoms with E-state index in [4.69, 9.17) is 19.0 Å². The van der Waals surface area contributed by atoms with Crippen LogP contribution in [0, 0.1) is 0 Å². The number of aliphatic hydroxyl groups is 1. The van der Waals surface area contributed by atoms with Crippen molar-refractivity contribution in [2.24, 2.45) is 4.99 Å². The molecule has 3 aromatic rings. The number of hydrogen-bond donors (Lipinski definition) is 3. The lowest BCUT2D eigenvalue weighted by Crippen LogP contribution is -2.38. The second kappa shape index (κ2) is 12.4. The van der Waals surface area contributed by atoms with Gasteiger partial charge in [0.1, 0.15) is 18.0 Å². The molecule has 0 saturated heterocycles. The minimum absolute atomic E-state index is 0. The first kappa shape index (κ1) is 24.8. The molecule has 2 aromatic carbocycles. The normalized spacial score (nSPS) is 12.2. The fourth-order valence-electron chi connectivity index (χ4n) is 3.07. The molecule has 0 radical (unpaired) electrons. The van der Waals surface area contributed by atoms with E-state index in [-0.39, 0.29) is 43.2 Å². The molecule has 0 aliphatic carbocycles. The van der Waals surface area contributed by atoms with E-state index < -0.39 is 0 Å². The second-order valence-electron chi connectivity index (χ2n) is 6.81. The maximum atomic E-state index is 8.93. The Morgan fingerprint density at radius 2 is 1.97 bits per heavy atom. The Morgan fingerprint density at radius 3 is 2.68 bits per heavy atom. The van der Waals surface area contributed by atoms with Crippen LogP contribution in [-0.4, -0.2) is 37.9 Å². The topological polar surface area (TPSA) is 88.3 Å². The van der Waals surface area contributed by atoms with Crippen molar-refractivity contribution < 1.29 is 19.0 Å². The highest BCUT2D eigenvalue weighted by atomic mass is 127. The second-order valence-corrected chi connectivity index (χ2v) is 6.81. The molecule has 1 heterocycles. The smallest absolute Gasteiger partial charge is 0.192 e. The van der Waals surface area contributed by atoms with Crippen molar-refractivity contribution in [1.82, 2.24) is 10.6 Å². The number of rotatable bonds is 9. The number of methoxy groups -OCH3 is 1. The van der Waals surface area contributed by atoms with Gasteiger partial charge in [-0.15, -0.1) is 24.0 Å². The zero-order valence-corrected chi connectivity index (χ0v) is 20.4. The van der Waals surface area contributed by atoms with Crippen molar-refractivity contribution in [2.45, 2.75) is 26.4 Å². The largest absolute Gasteiger partial charge is 0.493 e. The molecule has 0 fully saturated rings. The molecule has 0 saturated carbocycles. The molecule has 8 heteroatoms. The molecular weight excluding hydrogens is 509 g/mol. The van der Waals surface area contributed by atoms with Crippen LogP contribution in [-0.2, 0) is 6.54 Å². The van der Waals surface area contributed by atoms with Gasteiger partial charge >= 0.3 is 0 Å². The molecule has 0 amide bonds. The van der Waals surface area contributed by atoms with Gasteiger partial charge in [0.2, 0.25) is 0 Å². The van der Waals surface area contributed by atoms with E-state index in [0.29, 0.717) is 24.0 Å². The van der Waals surface area contributed by atoms with Crippen LogP contribution in [0.15, 0.2) is 57.9 Å². The van der Waals surface area contributed by atoms with Crippen LogP contribution in [0.4, 0.5) is 0 Å². The first-order valence-electron chi connectivity index (χ1n) is 10.1. The van der Waals surface area contributed by atoms with Crippen LogP contribution in [0.2, 0.25) is 0 Å². The predicted octanol–water partition coefficient (Wildman–Crippen LogP) is 4.25. The van der Waals surface area contributed by atoms with Crippen molar-refractivity contribution >= 4 is 40.9 Å². The van der Waals surface area contributed by atoms with Gasteiger partial charge in [0.05, 0.1) is 26.3 Å². The van der Waals surface area contributed by atoms with E-state index in [9.17, 15) is 0 Å². The Labute approximate surface area is 199 Å². The summed E-state index contributed by atoms with van der Waals surface area (Å²) in [6.45, 7) is 5.47. The lowest BCUT2D eigenvalue weighted by Gasteiger charge is -2.16. The fourth-order valence-corrected chi connectivity index (χ4v) is 3.07. The number of hydrogen-bond acceptors (Lipinski definition) is 5. The van der Waals surface area contributed by atoms with Gasteiger partial charge in [-0.3, -0.25) is 0 Å². The van der Waals surface area contributed by atoms with Gasteiger partial charge in [-0.25, -0.2) is 4.99 Å². The van der Waals surface area contributed by atoms with Crippen LogP contribution < -0.4 is 20.1 Å². The standard InChI is InChI=1S/C23H29N3O4.HI/c1-4-24-23(26-16(2)21-14-18-7-5-6-8-19(18)30-21)25-15-17-9-10-20(29-12-11-27)22(13-17)28-3;/h5-10,13-14,16,27H,4,11-12,15H2,1-3H3,(H2,24,25,26);1H. The number of furan rings is 1. The Kier molecular flexibility index (Phi) is 9.93. The third-order valence-electron chi connectivity index (χ3n) is 4.57. The van der Waals surface area contributed by atoms with E-state index in [1.807, 2.05) is 62.4 Å². The van der Waals surface area contributed by atoms with Crippen LogP contribution in [0.25, 0.3) is 11.0 Å². The summed E-state index contributed by atoms with van der Waals surface area (Å²) >= 11 is 0. The molecule has 7 nitrogen and oxygen atoms in total. The monoisotopic (exact) mass is 539 g/mol. The predicted molar refractivity (Wildman–Crippen MR) is 134 cm³/mol. The highest BCUT2D eigenvalue weighted by Gasteiger charge is 2.13. The van der Waals surface area contributed by atoms with Crippen LogP contribution >= 0.6 is 24.0 Å². The lowest BCUT2D eigenvalue weighted by atomic mass is 10.2. The number of guanidine groups is 1. The van der Waals surface area contributed by atoms with Gasteiger partial charge in [-0.1, -0.05) is 24.3 Å². The van der Waals surface area contributed by atoms with E-state index >= 15 is 0 Å². The third-order valence-corrected chi connectivity index (χ3v) is 4.57. The summed E-state index contributed by atoms with van der Waals surface area (Å²) in [7, 11) is 1.59. The Bertz CT molecular complexity index is 957. The summed E-state index contributed by atoms with van der Waals surface area (Å²) in [5.74, 6) is 2.77. The molecule has 1 aromatic heterocycles. The third kappa shape index (κ3) is 6.76. The quantitative estimate of drug-likeness (QED) is 0.214. The van der Waals surface area contributed by atoms with E-state index in [2.05, 4.69) is 15.6 Å². The Balaban J connectivity index is 0.00000341. The summed E-state index contributed by atoms with van der Waals surface area (Å²) in [4.78, 5) is 4.69. The highest BCUT2D eigenvalue weighted by molar-refractivity contribution is 14.0. The average Bonchev–Trinajstić information content (AvgIpc) is 3.21. The van der Waals surface area contributed by atoms with E-state index in [1.165, 1.54) is 0 Å². The van der Waals surface area contributed by atoms with Crippen molar-refractivity contribution in [3.63, 3.8) is 0 Å². The van der Waals surface area contributed by atoms with Gasteiger partial charge < -0.3 is 29.6 Å². The summed E-state index contributed by atoms with van der Waals surface area (Å²) in [5.41, 5.74) is 1.86. The number of halogens is 1. The van der Waals surface area contributed by atoms with Gasteiger partial charge in [-0.2, -0.15) is 0 Å². The fraction of sp³-hybridized carbons (Fsp3) is 0.348. The van der Waals surface area contributed by atoms with Crippen molar-refractivity contribution in [1.29, 1.82) is 0 Å². The van der Waals surface area contributed by atoms with Gasteiger partial charge in [0.15, 0.2) is 17.5 Å². The summed E-state index contributed by atoms with van der Waals surface area (Å²) in [5, 5.41) is 16.7. The maximum absolute atomic E-state index is 8.93. The molecule has 1 unspecified atom stereocenters. The number of para-hydroxylation sites is 1. The van der Waals surface area contributed by atoms with Crippen molar-refractivity contribution in [3.8, 4) is 11.5 Å². The molecule has 0 aliphatic rings. The van der Waals surface area contributed by atoms with Gasteiger partial charge in [-0.05, 0) is 43.7 Å². The summed E-state index contributed by atoms with van der Waals surface area (Å²) < 4.78 is 16.8. The maximum Gasteiger partial charge on any atom is 0.192 e. The number of aliphatic hydroxyl groups excluding tert-OH is 1. The minimum Gasteiger partial charge on any atom is -0.493 e. The van der Waals surface area contributed by atoms with Crippen molar-refractivity contribution in [2.75, 3.05) is 26.9 Å². The Morgan fingerprint density at radius 1 is 1.16 bits per heavy atom. The summed E-state index contributed by atoms with van der Waals surface area (Å²) in [6.07, 6.45) is 0. The molecule has 0 spiro atoms. The Hall–Kier alpha value is -2.46. The molecule has 1 atom stereocenters. The SMILES string of the molecule is CCNC(=NCc1ccc(OCCO)c(OC)c1)NC(C)c1cc2ccccc2o1.I. The molecule has 31 heavy (non-hydrogen) atoms. The van der Waals surface area contributed by atoms with Gasteiger partial charge in [0.25, 0.3) is 0 Å². The number of nitrogens with one attached hydrogen (secondary N) is 2. The minimum atomic E-state index is -0.0453. The lowest BCUT2D eigenvalue weighted by molar-refractivity contribution is 0.196. The zero-order valence-electron chi connectivity index (χ0n) is 18.1. The van der Waals surface area contributed by atoms with Crippen LogP contribution in [0.1, 0.15) is 31.2 Å². The number of nitrogens with zero attached hydrogens (tertiary/aromatic N) is 1. The molecule has 0 aliphatic heterocycles. The number of benzene rings is 2. The summed E-state index contributed by atoms with van der Waals surface area (Å²) in [6, 6.07) is 15.6. The first-order valence-corrected chi connectivity index (χ1v) is 10.1. The molecule has 168 valence electrons. The van der Waals surface area contributed by atoms with Crippen LogP contribution in [0.3, 0.4) is 0 Å². The van der Waals surface area contributed by atoms with Gasteiger partial charge in [0, 0.05) is 11.9 Å².